The van der Waals surface area contributed by atoms with Crippen LogP contribution in [0.3, 0.4) is 0 Å². The summed E-state index contributed by atoms with van der Waals surface area (Å²) in [6.07, 6.45) is 2.01. The molecule has 4 nitrogen and oxygen atoms in total. The zero-order valence-corrected chi connectivity index (χ0v) is 16.1. The van der Waals surface area contributed by atoms with Crippen LogP contribution in [0.1, 0.15) is 16.8 Å². The fourth-order valence-electron chi connectivity index (χ4n) is 2.66. The summed E-state index contributed by atoms with van der Waals surface area (Å²) in [5, 5.41) is 9.44. The second-order valence-electron chi connectivity index (χ2n) is 5.73. The molecular formula is C20H17N3OS2. The molecule has 0 bridgehead atoms. The number of hydrogen-bond donors (Lipinski definition) is 1. The molecule has 0 spiro atoms. The molecule has 130 valence electrons. The zero-order valence-electron chi connectivity index (χ0n) is 14.4. The third-order valence-electron chi connectivity index (χ3n) is 4.06. The first-order valence-corrected chi connectivity index (χ1v) is 9.83. The van der Waals surface area contributed by atoms with Gasteiger partial charge in [-0.05, 0) is 37.4 Å². The third kappa shape index (κ3) is 3.41. The molecule has 1 heterocycles. The summed E-state index contributed by atoms with van der Waals surface area (Å²) in [7, 11) is 0. The van der Waals surface area contributed by atoms with Gasteiger partial charge in [-0.15, -0.1) is 11.8 Å². The molecule has 0 fully saturated rings. The van der Waals surface area contributed by atoms with Crippen LogP contribution in [-0.4, -0.2) is 15.8 Å². The molecule has 0 unspecified atom stereocenters. The van der Waals surface area contributed by atoms with Crippen molar-refractivity contribution in [2.45, 2.75) is 17.6 Å². The second-order valence-corrected chi connectivity index (χ2v) is 6.93. The SMILES string of the molecule is CSc1ccc(-c2nc(CS)c(C#N)c(=O)n2-c2ccc(C)cc2)cc1. The monoisotopic (exact) mass is 379 g/mol. The summed E-state index contributed by atoms with van der Waals surface area (Å²) in [4.78, 5) is 18.8. The minimum atomic E-state index is -0.376. The number of hydrogen-bond acceptors (Lipinski definition) is 5. The summed E-state index contributed by atoms with van der Waals surface area (Å²) in [5.41, 5.74) is 2.64. The smallest absolute Gasteiger partial charge is 0.267 e. The van der Waals surface area contributed by atoms with Crippen LogP contribution in [0, 0.1) is 18.3 Å². The van der Waals surface area contributed by atoms with Crippen LogP contribution in [0.15, 0.2) is 58.2 Å². The normalized spacial score (nSPS) is 10.5. The van der Waals surface area contributed by atoms with Crippen molar-refractivity contribution in [1.29, 1.82) is 5.26 Å². The molecule has 0 radical (unpaired) electrons. The quantitative estimate of drug-likeness (QED) is 0.544. The highest BCUT2D eigenvalue weighted by Crippen LogP contribution is 2.24. The van der Waals surface area contributed by atoms with Crippen LogP contribution in [-0.2, 0) is 5.75 Å². The van der Waals surface area contributed by atoms with Crippen molar-refractivity contribution in [2.75, 3.05) is 6.26 Å². The predicted molar refractivity (Wildman–Crippen MR) is 109 cm³/mol. The van der Waals surface area contributed by atoms with Crippen LogP contribution in [0.25, 0.3) is 17.1 Å². The number of aryl methyl sites for hydroxylation is 1. The maximum absolute atomic E-state index is 13.0. The van der Waals surface area contributed by atoms with Gasteiger partial charge in [-0.1, -0.05) is 29.8 Å². The highest BCUT2D eigenvalue weighted by molar-refractivity contribution is 7.98. The number of benzene rings is 2. The summed E-state index contributed by atoms with van der Waals surface area (Å²) in [6, 6.07) is 17.4. The summed E-state index contributed by atoms with van der Waals surface area (Å²) < 4.78 is 1.50. The van der Waals surface area contributed by atoms with Gasteiger partial charge in [0.1, 0.15) is 17.5 Å². The van der Waals surface area contributed by atoms with Gasteiger partial charge >= 0.3 is 0 Å². The van der Waals surface area contributed by atoms with E-state index in [1.165, 1.54) is 4.57 Å². The van der Waals surface area contributed by atoms with Crippen molar-refractivity contribution in [2.24, 2.45) is 0 Å². The maximum atomic E-state index is 13.0. The van der Waals surface area contributed by atoms with Crippen LogP contribution in [0.5, 0.6) is 0 Å². The average molecular weight is 380 g/mol. The lowest BCUT2D eigenvalue weighted by Gasteiger charge is -2.15. The third-order valence-corrected chi connectivity index (χ3v) is 5.10. The van der Waals surface area contributed by atoms with Gasteiger partial charge in [-0.25, -0.2) is 4.98 Å². The number of thiol groups is 1. The molecule has 0 saturated carbocycles. The lowest BCUT2D eigenvalue weighted by atomic mass is 10.1. The minimum absolute atomic E-state index is 0.0325. The maximum Gasteiger partial charge on any atom is 0.276 e. The van der Waals surface area contributed by atoms with Crippen LogP contribution < -0.4 is 5.56 Å². The van der Waals surface area contributed by atoms with Gasteiger partial charge in [0.05, 0.1) is 11.4 Å². The van der Waals surface area contributed by atoms with E-state index >= 15 is 0 Å². The number of nitrogens with zero attached hydrogens (tertiary/aromatic N) is 3. The molecule has 0 atom stereocenters. The van der Waals surface area contributed by atoms with E-state index in [4.69, 9.17) is 0 Å². The van der Waals surface area contributed by atoms with E-state index in [-0.39, 0.29) is 16.9 Å². The first-order chi connectivity index (χ1) is 12.6. The van der Waals surface area contributed by atoms with Crippen molar-refractivity contribution >= 4 is 24.4 Å². The van der Waals surface area contributed by atoms with Gasteiger partial charge in [0.15, 0.2) is 0 Å². The topological polar surface area (TPSA) is 58.7 Å². The van der Waals surface area contributed by atoms with Gasteiger partial charge in [0, 0.05) is 16.2 Å². The summed E-state index contributed by atoms with van der Waals surface area (Å²) in [6.45, 7) is 1.98. The molecule has 0 saturated heterocycles. The van der Waals surface area contributed by atoms with Crippen LogP contribution in [0.2, 0.25) is 0 Å². The molecule has 3 rings (SSSR count). The minimum Gasteiger partial charge on any atom is -0.267 e. The Hall–Kier alpha value is -2.49. The molecule has 0 aliphatic heterocycles. The number of aromatic nitrogens is 2. The Morgan fingerprint density at radius 2 is 1.81 bits per heavy atom. The van der Waals surface area contributed by atoms with Gasteiger partial charge in [-0.3, -0.25) is 9.36 Å². The number of rotatable bonds is 4. The Balaban J connectivity index is 2.33. The Kier molecular flexibility index (Phi) is 5.50. The molecule has 0 amide bonds. The highest BCUT2D eigenvalue weighted by atomic mass is 32.2. The van der Waals surface area contributed by atoms with Gasteiger partial charge in [0.2, 0.25) is 0 Å². The average Bonchev–Trinajstić information content (AvgIpc) is 2.68. The lowest BCUT2D eigenvalue weighted by molar-refractivity contribution is 0.916. The van der Waals surface area contributed by atoms with Crippen molar-refractivity contribution < 1.29 is 0 Å². The predicted octanol–water partition coefficient (Wildman–Crippen LogP) is 4.23. The van der Waals surface area contributed by atoms with E-state index in [1.807, 2.05) is 67.8 Å². The number of nitriles is 1. The van der Waals surface area contributed by atoms with E-state index in [9.17, 15) is 10.1 Å². The van der Waals surface area contributed by atoms with Gasteiger partial charge in [-0.2, -0.15) is 17.9 Å². The molecular weight excluding hydrogens is 362 g/mol. The molecule has 3 aromatic rings. The van der Waals surface area contributed by atoms with E-state index in [2.05, 4.69) is 17.6 Å². The van der Waals surface area contributed by atoms with E-state index in [0.717, 1.165) is 16.0 Å². The standard InChI is InChI=1S/C20H17N3OS2/c1-13-3-7-15(8-4-13)23-19(14-5-9-16(26-2)10-6-14)22-18(12-25)17(11-21)20(23)24/h3-10,25H,12H2,1-2H3. The molecule has 6 heteroatoms. The van der Waals surface area contributed by atoms with E-state index in [0.29, 0.717) is 17.2 Å². The second kappa shape index (κ2) is 7.81. The van der Waals surface area contributed by atoms with Crippen molar-refractivity contribution in [3.8, 4) is 23.1 Å². The van der Waals surface area contributed by atoms with Crippen LogP contribution in [0.4, 0.5) is 0 Å². The molecule has 2 aromatic carbocycles. The van der Waals surface area contributed by atoms with Crippen molar-refractivity contribution in [3.63, 3.8) is 0 Å². The van der Waals surface area contributed by atoms with E-state index in [1.54, 1.807) is 11.8 Å². The Morgan fingerprint density at radius 3 is 2.35 bits per heavy atom. The van der Waals surface area contributed by atoms with E-state index < -0.39 is 0 Å². The Morgan fingerprint density at radius 1 is 1.15 bits per heavy atom. The Labute approximate surface area is 161 Å². The zero-order chi connectivity index (χ0) is 18.7. The summed E-state index contributed by atoms with van der Waals surface area (Å²) >= 11 is 5.89. The van der Waals surface area contributed by atoms with Gasteiger partial charge < -0.3 is 0 Å². The largest absolute Gasteiger partial charge is 0.276 e. The molecule has 0 aliphatic carbocycles. The lowest BCUT2D eigenvalue weighted by Crippen LogP contribution is -2.26. The van der Waals surface area contributed by atoms with Crippen LogP contribution >= 0.6 is 24.4 Å². The first-order valence-electron chi connectivity index (χ1n) is 7.97. The number of thioether (sulfide) groups is 1. The Bertz CT molecular complexity index is 1030. The fourth-order valence-corrected chi connectivity index (χ4v) is 3.30. The fraction of sp³-hybridized carbons (Fsp3) is 0.150. The highest BCUT2D eigenvalue weighted by Gasteiger charge is 2.18. The summed E-state index contributed by atoms with van der Waals surface area (Å²) in [5.74, 6) is 0.734. The molecule has 0 N–H and O–H groups in total. The first kappa shape index (κ1) is 18.3. The van der Waals surface area contributed by atoms with Crippen molar-refractivity contribution in [1.82, 2.24) is 9.55 Å². The molecule has 1 aromatic heterocycles. The van der Waals surface area contributed by atoms with Gasteiger partial charge in [0.25, 0.3) is 5.56 Å². The molecule has 0 aliphatic rings. The van der Waals surface area contributed by atoms with Crippen molar-refractivity contribution in [3.05, 3.63) is 75.7 Å². The molecule has 26 heavy (non-hydrogen) atoms.